The standard InChI is InChI=1S/C27H28OS2/c1-25(2)12-26(3,4)14-27(13-25)19-8-6-5-7-16(19)24-18-10-23-22(29-15-30-23)9-17(18)21(28)11-20(24)27/h5-11,28H,12-15H2,1-4H3. The van der Waals surface area contributed by atoms with Crippen LogP contribution in [0.4, 0.5) is 0 Å². The van der Waals surface area contributed by atoms with Crippen LogP contribution in [0.15, 0.2) is 52.3 Å². The lowest BCUT2D eigenvalue weighted by Crippen LogP contribution is -2.43. The third-order valence-corrected chi connectivity index (χ3v) is 9.72. The zero-order valence-electron chi connectivity index (χ0n) is 18.1. The van der Waals surface area contributed by atoms with Crippen LogP contribution in [-0.4, -0.2) is 10.2 Å². The summed E-state index contributed by atoms with van der Waals surface area (Å²) in [5, 5.41) is 14.5. The second kappa shape index (κ2) is 6.01. The molecule has 3 aromatic rings. The van der Waals surface area contributed by atoms with Crippen molar-refractivity contribution in [3.8, 4) is 16.9 Å². The number of aromatic hydroxyl groups is 1. The van der Waals surface area contributed by atoms with E-state index in [4.69, 9.17) is 0 Å². The maximum absolute atomic E-state index is 11.2. The first-order valence-electron chi connectivity index (χ1n) is 10.9. The van der Waals surface area contributed by atoms with Crippen molar-refractivity contribution >= 4 is 34.3 Å². The van der Waals surface area contributed by atoms with Crippen LogP contribution in [0.5, 0.6) is 5.75 Å². The molecule has 0 bridgehead atoms. The Morgan fingerprint density at radius 2 is 1.40 bits per heavy atom. The summed E-state index contributed by atoms with van der Waals surface area (Å²) in [6.45, 7) is 9.71. The lowest BCUT2D eigenvalue weighted by molar-refractivity contribution is 0.0645. The maximum Gasteiger partial charge on any atom is 0.123 e. The van der Waals surface area contributed by atoms with E-state index in [1.807, 2.05) is 23.5 Å². The van der Waals surface area contributed by atoms with Crippen LogP contribution in [0.25, 0.3) is 21.9 Å². The number of phenolic OH excluding ortho intramolecular Hbond substituents is 1. The van der Waals surface area contributed by atoms with Crippen molar-refractivity contribution in [3.05, 3.63) is 53.6 Å². The molecule has 2 aliphatic carbocycles. The monoisotopic (exact) mass is 432 g/mol. The minimum absolute atomic E-state index is 0.0241. The summed E-state index contributed by atoms with van der Waals surface area (Å²) in [4.78, 5) is 2.67. The first-order valence-corrected chi connectivity index (χ1v) is 12.9. The van der Waals surface area contributed by atoms with E-state index >= 15 is 0 Å². The molecule has 1 fully saturated rings. The second-order valence-electron chi connectivity index (χ2n) is 11.1. The molecule has 0 radical (unpaired) electrons. The first-order chi connectivity index (χ1) is 14.2. The minimum atomic E-state index is -0.0241. The molecular formula is C27H28OS2. The quantitative estimate of drug-likeness (QED) is 0.386. The second-order valence-corrected chi connectivity index (χ2v) is 13.5. The normalized spacial score (nSPS) is 22.1. The molecule has 0 amide bonds. The molecule has 1 nitrogen and oxygen atoms in total. The zero-order valence-corrected chi connectivity index (χ0v) is 19.8. The van der Waals surface area contributed by atoms with Gasteiger partial charge in [0.15, 0.2) is 0 Å². The van der Waals surface area contributed by atoms with Gasteiger partial charge in [-0.1, -0.05) is 52.0 Å². The molecule has 154 valence electrons. The van der Waals surface area contributed by atoms with Crippen LogP contribution in [-0.2, 0) is 5.41 Å². The number of fused-ring (bicyclic) bond motifs is 8. The van der Waals surface area contributed by atoms with Crippen molar-refractivity contribution in [1.29, 1.82) is 0 Å². The fraction of sp³-hybridized carbons (Fsp3) is 0.407. The molecule has 0 atom stereocenters. The van der Waals surface area contributed by atoms with E-state index in [-0.39, 0.29) is 16.2 Å². The molecule has 3 aliphatic rings. The van der Waals surface area contributed by atoms with Crippen molar-refractivity contribution in [2.45, 2.75) is 62.2 Å². The van der Waals surface area contributed by atoms with Crippen LogP contribution >= 0.6 is 23.5 Å². The van der Waals surface area contributed by atoms with Crippen molar-refractivity contribution in [1.82, 2.24) is 0 Å². The Morgan fingerprint density at radius 3 is 2.10 bits per heavy atom. The van der Waals surface area contributed by atoms with E-state index in [1.165, 1.54) is 43.9 Å². The van der Waals surface area contributed by atoms with Crippen molar-refractivity contribution < 1.29 is 5.11 Å². The highest BCUT2D eigenvalue weighted by atomic mass is 32.2. The number of thioether (sulfide) groups is 2. The van der Waals surface area contributed by atoms with Gasteiger partial charge in [-0.05, 0) is 75.9 Å². The zero-order chi connectivity index (χ0) is 20.9. The molecule has 1 spiro atoms. The third kappa shape index (κ3) is 2.58. The van der Waals surface area contributed by atoms with Crippen LogP contribution in [0.2, 0.25) is 0 Å². The Bertz CT molecular complexity index is 1210. The Kier molecular flexibility index (Phi) is 3.83. The molecule has 6 rings (SSSR count). The number of phenols is 1. The number of rotatable bonds is 0. The predicted molar refractivity (Wildman–Crippen MR) is 130 cm³/mol. The van der Waals surface area contributed by atoms with Gasteiger partial charge in [-0.25, -0.2) is 0 Å². The van der Waals surface area contributed by atoms with Gasteiger partial charge in [-0.3, -0.25) is 0 Å². The van der Waals surface area contributed by atoms with E-state index in [2.05, 4.69) is 70.2 Å². The molecular weight excluding hydrogens is 404 g/mol. The Balaban J connectivity index is 1.73. The van der Waals surface area contributed by atoms with E-state index in [1.54, 1.807) is 0 Å². The summed E-state index contributed by atoms with van der Waals surface area (Å²) < 4.78 is 0. The van der Waals surface area contributed by atoms with Crippen LogP contribution in [0.3, 0.4) is 0 Å². The van der Waals surface area contributed by atoms with Gasteiger partial charge in [0.05, 0.1) is 0 Å². The van der Waals surface area contributed by atoms with Gasteiger partial charge < -0.3 is 5.11 Å². The Hall–Kier alpha value is -1.58. The average molecular weight is 433 g/mol. The summed E-state index contributed by atoms with van der Waals surface area (Å²) in [7, 11) is 0. The van der Waals surface area contributed by atoms with Gasteiger partial charge in [0.2, 0.25) is 0 Å². The minimum Gasteiger partial charge on any atom is -0.507 e. The third-order valence-electron chi connectivity index (χ3n) is 7.35. The van der Waals surface area contributed by atoms with Gasteiger partial charge in [0.25, 0.3) is 0 Å². The van der Waals surface area contributed by atoms with Crippen LogP contribution in [0, 0.1) is 10.8 Å². The summed E-state index contributed by atoms with van der Waals surface area (Å²) in [5.41, 5.74) is 6.05. The van der Waals surface area contributed by atoms with E-state index in [9.17, 15) is 5.11 Å². The molecule has 3 aromatic carbocycles. The highest BCUT2D eigenvalue weighted by Gasteiger charge is 2.53. The summed E-state index contributed by atoms with van der Waals surface area (Å²) in [6.07, 6.45) is 3.50. The lowest BCUT2D eigenvalue weighted by Gasteiger charge is -2.51. The number of benzene rings is 3. The van der Waals surface area contributed by atoms with Gasteiger partial charge in [-0.15, -0.1) is 23.5 Å². The van der Waals surface area contributed by atoms with Crippen molar-refractivity contribution in [2.75, 3.05) is 5.08 Å². The van der Waals surface area contributed by atoms with Gasteiger partial charge in [0.1, 0.15) is 5.75 Å². The maximum atomic E-state index is 11.2. The molecule has 0 aromatic heterocycles. The number of hydrogen-bond acceptors (Lipinski definition) is 3. The Labute approximate surface area is 187 Å². The predicted octanol–water partition coefficient (Wildman–Crippen LogP) is 8.20. The molecule has 1 N–H and O–H groups in total. The molecule has 0 unspecified atom stereocenters. The molecule has 0 saturated heterocycles. The van der Waals surface area contributed by atoms with Crippen molar-refractivity contribution in [3.63, 3.8) is 0 Å². The topological polar surface area (TPSA) is 20.2 Å². The summed E-state index contributed by atoms with van der Waals surface area (Å²) in [5.74, 6) is 0.442. The molecule has 1 aliphatic heterocycles. The van der Waals surface area contributed by atoms with E-state index in [0.717, 1.165) is 23.3 Å². The first kappa shape index (κ1) is 19.1. The molecule has 1 saturated carbocycles. The highest BCUT2D eigenvalue weighted by molar-refractivity contribution is 8.18. The Morgan fingerprint density at radius 1 is 0.767 bits per heavy atom. The van der Waals surface area contributed by atoms with Crippen LogP contribution < -0.4 is 0 Å². The fourth-order valence-corrected chi connectivity index (χ4v) is 9.63. The van der Waals surface area contributed by atoms with Gasteiger partial charge >= 0.3 is 0 Å². The highest BCUT2D eigenvalue weighted by Crippen LogP contribution is 2.65. The molecule has 1 heterocycles. The van der Waals surface area contributed by atoms with E-state index in [0.29, 0.717) is 5.75 Å². The van der Waals surface area contributed by atoms with Gasteiger partial charge in [0, 0.05) is 25.7 Å². The van der Waals surface area contributed by atoms with Gasteiger partial charge in [-0.2, -0.15) is 0 Å². The largest absolute Gasteiger partial charge is 0.507 e. The van der Waals surface area contributed by atoms with Crippen LogP contribution in [0.1, 0.15) is 58.1 Å². The van der Waals surface area contributed by atoms with Crippen molar-refractivity contribution in [2.24, 2.45) is 10.8 Å². The SMILES string of the molecule is CC1(C)CC(C)(C)CC2(C1)c1ccccc1-c1c2cc(O)c2cc3c(cc12)SCS3. The summed E-state index contributed by atoms with van der Waals surface area (Å²) >= 11 is 3.81. The molecule has 30 heavy (non-hydrogen) atoms. The van der Waals surface area contributed by atoms with E-state index < -0.39 is 0 Å². The average Bonchev–Trinajstić information content (AvgIpc) is 3.20. The number of hydrogen-bond donors (Lipinski definition) is 1. The lowest BCUT2D eigenvalue weighted by atomic mass is 9.52. The smallest absolute Gasteiger partial charge is 0.123 e. The molecule has 3 heteroatoms. The fourth-order valence-electron chi connectivity index (χ4n) is 7.22. The summed E-state index contributed by atoms with van der Waals surface area (Å²) in [6, 6.07) is 15.7.